The van der Waals surface area contributed by atoms with Crippen LogP contribution in [0.5, 0.6) is 0 Å². The number of anilines is 9. The first-order valence-electron chi connectivity index (χ1n) is 25.7. The zero-order valence-corrected chi connectivity index (χ0v) is 41.3. The summed E-state index contributed by atoms with van der Waals surface area (Å²) in [6.07, 6.45) is 0. The Morgan fingerprint density at radius 3 is 1.05 bits per heavy atom. The summed E-state index contributed by atoms with van der Waals surface area (Å²) in [5.41, 5.74) is 14.9. The van der Waals surface area contributed by atoms with Crippen LogP contribution in [0.4, 0.5) is 51.2 Å². The molecule has 0 bridgehead atoms. The number of nitrogens with zero attached hydrogens (tertiary/aromatic N) is 3. The smallest absolute Gasteiger partial charge is 0.0620 e. The molecular formula is C71H51N3. The Hall–Kier alpha value is -9.44. The molecule has 14 rings (SSSR count). The molecule has 0 aromatic heterocycles. The molecule has 0 spiro atoms. The predicted molar refractivity (Wildman–Crippen MR) is 316 cm³/mol. The van der Waals surface area contributed by atoms with Crippen molar-refractivity contribution in [2.75, 3.05) is 14.7 Å². The summed E-state index contributed by atoms with van der Waals surface area (Å²) in [5, 5.41) is 11.9. The molecule has 0 amide bonds. The largest absolute Gasteiger partial charge is 0.310 e. The number of fused-ring (bicyclic) bond motifs is 8. The van der Waals surface area contributed by atoms with Crippen LogP contribution in [0.1, 0.15) is 25.0 Å². The molecule has 3 nitrogen and oxygen atoms in total. The molecule has 0 saturated heterocycles. The lowest BCUT2D eigenvalue weighted by molar-refractivity contribution is 0.661. The molecule has 0 fully saturated rings. The minimum Gasteiger partial charge on any atom is -0.310 e. The molecule has 0 unspecified atom stereocenters. The normalized spacial score (nSPS) is 12.6. The Kier molecular flexibility index (Phi) is 10.2. The summed E-state index contributed by atoms with van der Waals surface area (Å²) < 4.78 is 0. The first-order valence-corrected chi connectivity index (χ1v) is 25.7. The lowest BCUT2D eigenvalue weighted by Crippen LogP contribution is -2.18. The molecule has 0 N–H and O–H groups in total. The zero-order valence-electron chi connectivity index (χ0n) is 41.3. The van der Waals surface area contributed by atoms with E-state index < -0.39 is 0 Å². The number of hydrogen-bond donors (Lipinski definition) is 0. The second-order valence-electron chi connectivity index (χ2n) is 20.0. The second-order valence-corrected chi connectivity index (χ2v) is 20.0. The van der Waals surface area contributed by atoms with Gasteiger partial charge in [0, 0.05) is 65.9 Å². The van der Waals surface area contributed by atoms with Gasteiger partial charge in [-0.3, -0.25) is 0 Å². The van der Waals surface area contributed by atoms with E-state index in [0.717, 1.165) is 62.0 Å². The molecule has 0 radical (unpaired) electrons. The molecule has 0 atom stereocenters. The van der Waals surface area contributed by atoms with E-state index in [1.807, 2.05) is 0 Å². The maximum atomic E-state index is 2.56. The van der Waals surface area contributed by atoms with Crippen molar-refractivity contribution in [2.24, 2.45) is 0 Å². The third-order valence-electron chi connectivity index (χ3n) is 15.5. The van der Waals surface area contributed by atoms with Crippen LogP contribution < -0.4 is 14.7 Å². The predicted octanol–water partition coefficient (Wildman–Crippen LogP) is 20.2. The second kappa shape index (κ2) is 17.4. The van der Waals surface area contributed by atoms with Gasteiger partial charge in [-0.15, -0.1) is 0 Å². The molecular weight excluding hydrogens is 895 g/mol. The fraction of sp³-hybridized carbons (Fsp3) is 0.0423. The molecule has 3 heteroatoms. The highest BCUT2D eigenvalue weighted by atomic mass is 15.2. The van der Waals surface area contributed by atoms with Gasteiger partial charge in [0.2, 0.25) is 0 Å². The van der Waals surface area contributed by atoms with E-state index in [2.05, 4.69) is 302 Å². The van der Waals surface area contributed by atoms with E-state index in [9.17, 15) is 0 Å². The van der Waals surface area contributed by atoms with Crippen LogP contribution in [0, 0.1) is 0 Å². The van der Waals surface area contributed by atoms with Gasteiger partial charge in [0.05, 0.1) is 28.4 Å². The van der Waals surface area contributed by atoms with Gasteiger partial charge in [0.1, 0.15) is 0 Å². The minimum atomic E-state index is -0.370. The fourth-order valence-corrected chi connectivity index (χ4v) is 12.1. The van der Waals surface area contributed by atoms with Crippen molar-refractivity contribution in [3.63, 3.8) is 0 Å². The Labute approximate surface area is 432 Å². The van der Waals surface area contributed by atoms with Gasteiger partial charge in [0.25, 0.3) is 0 Å². The molecule has 0 aliphatic heterocycles. The van der Waals surface area contributed by atoms with Crippen LogP contribution in [-0.2, 0) is 5.41 Å². The average molecular weight is 946 g/mol. The van der Waals surface area contributed by atoms with Gasteiger partial charge in [-0.05, 0) is 117 Å². The quantitative estimate of drug-likeness (QED) is 0.105. The first-order chi connectivity index (χ1) is 36.5. The van der Waals surface area contributed by atoms with Gasteiger partial charge in [0.15, 0.2) is 0 Å². The first kappa shape index (κ1) is 43.4. The number of hydrogen-bond acceptors (Lipinski definition) is 3. The van der Waals surface area contributed by atoms with Crippen molar-refractivity contribution < 1.29 is 0 Å². The van der Waals surface area contributed by atoms with Gasteiger partial charge < -0.3 is 14.7 Å². The van der Waals surface area contributed by atoms with Crippen LogP contribution >= 0.6 is 0 Å². The lowest BCUT2D eigenvalue weighted by Gasteiger charge is -2.34. The summed E-state index contributed by atoms with van der Waals surface area (Å²) >= 11 is 0. The highest BCUT2D eigenvalue weighted by Gasteiger charge is 2.38. The maximum Gasteiger partial charge on any atom is 0.0620 e. The highest BCUT2D eigenvalue weighted by molar-refractivity contribution is 6.25. The summed E-state index contributed by atoms with van der Waals surface area (Å²) in [6.45, 7) is 4.84. The third kappa shape index (κ3) is 6.89. The Morgan fingerprint density at radius 1 is 0.243 bits per heavy atom. The topological polar surface area (TPSA) is 9.72 Å². The number of rotatable bonds is 9. The molecule has 13 aromatic carbocycles. The van der Waals surface area contributed by atoms with E-state index in [4.69, 9.17) is 0 Å². The fourth-order valence-electron chi connectivity index (χ4n) is 12.1. The molecule has 13 aromatic rings. The summed E-state index contributed by atoms with van der Waals surface area (Å²) in [7, 11) is 0. The zero-order chi connectivity index (χ0) is 49.3. The average Bonchev–Trinajstić information content (AvgIpc) is 3.68. The number of para-hydroxylation sites is 3. The van der Waals surface area contributed by atoms with Gasteiger partial charge >= 0.3 is 0 Å². The lowest BCUT2D eigenvalue weighted by atomic mass is 9.81. The molecule has 0 heterocycles. The summed E-state index contributed by atoms with van der Waals surface area (Å²) in [5.74, 6) is 0. The SMILES string of the molecule is CC1(C)c2cc(N(c3ccccc3)c3cccc4ccccc34)ccc2-c2cc3c(N(c4ccccc4)c4cccc5ccccc45)c4ccccc4c(N(c4ccccc4)c4cccc5ccccc45)c3cc21. The Balaban J connectivity index is 1.10. The van der Waals surface area contributed by atoms with Crippen LogP contribution in [0.25, 0.3) is 65.0 Å². The van der Waals surface area contributed by atoms with Crippen LogP contribution in [0.3, 0.4) is 0 Å². The van der Waals surface area contributed by atoms with E-state index in [0.29, 0.717) is 0 Å². The van der Waals surface area contributed by atoms with Crippen molar-refractivity contribution in [1.29, 1.82) is 0 Å². The van der Waals surface area contributed by atoms with Crippen LogP contribution in [0.15, 0.2) is 273 Å². The van der Waals surface area contributed by atoms with Crippen molar-refractivity contribution in [2.45, 2.75) is 19.3 Å². The number of benzene rings is 13. The molecule has 350 valence electrons. The molecule has 1 aliphatic rings. The van der Waals surface area contributed by atoms with Crippen LogP contribution in [0.2, 0.25) is 0 Å². The monoisotopic (exact) mass is 945 g/mol. The van der Waals surface area contributed by atoms with Crippen molar-refractivity contribution >= 4 is 105 Å². The van der Waals surface area contributed by atoms with E-state index in [-0.39, 0.29) is 5.41 Å². The molecule has 0 saturated carbocycles. The highest BCUT2D eigenvalue weighted by Crippen LogP contribution is 2.58. The van der Waals surface area contributed by atoms with E-state index in [1.165, 1.54) is 65.3 Å². The van der Waals surface area contributed by atoms with E-state index >= 15 is 0 Å². The van der Waals surface area contributed by atoms with Gasteiger partial charge in [-0.2, -0.15) is 0 Å². The minimum absolute atomic E-state index is 0.370. The van der Waals surface area contributed by atoms with Crippen LogP contribution in [-0.4, -0.2) is 0 Å². The molecule has 1 aliphatic carbocycles. The molecule has 74 heavy (non-hydrogen) atoms. The Morgan fingerprint density at radius 2 is 0.595 bits per heavy atom. The van der Waals surface area contributed by atoms with Gasteiger partial charge in [-0.1, -0.05) is 208 Å². The van der Waals surface area contributed by atoms with E-state index in [1.54, 1.807) is 0 Å². The van der Waals surface area contributed by atoms with Crippen molar-refractivity contribution in [1.82, 2.24) is 0 Å². The standard InChI is InChI=1S/C71H51N3/c1-71(2)64-45-54(72(51-29-6-3-7-30-51)66-40-20-26-48-23-12-15-35-55(48)66)43-44-58(64)61-46-62-63(47-65(61)71)70(74(53-33-10-5-11-34-53)68-42-22-28-50-25-14-17-37-57(50)68)60-39-19-18-38-59(60)69(62)73(52-31-8-4-9-32-52)67-41-21-27-49-24-13-16-36-56(49)67/h3-47H,1-2H3. The Bertz CT molecular complexity index is 4280. The third-order valence-corrected chi connectivity index (χ3v) is 15.5. The van der Waals surface area contributed by atoms with Crippen molar-refractivity contribution in [3.8, 4) is 11.1 Å². The van der Waals surface area contributed by atoms with Crippen molar-refractivity contribution in [3.05, 3.63) is 284 Å². The maximum absolute atomic E-state index is 2.56. The summed E-state index contributed by atoms with van der Waals surface area (Å²) in [4.78, 5) is 7.49. The summed E-state index contributed by atoms with van der Waals surface area (Å²) in [6, 6.07) is 100. The van der Waals surface area contributed by atoms with Gasteiger partial charge in [-0.25, -0.2) is 0 Å².